The predicted molar refractivity (Wildman–Crippen MR) is 89.3 cm³/mol. The van der Waals surface area contributed by atoms with Crippen LogP contribution in [0.1, 0.15) is 32.3 Å². The highest BCUT2D eigenvalue weighted by Crippen LogP contribution is 2.30. The maximum Gasteiger partial charge on any atom is 0.270 e. The predicted octanol–water partition coefficient (Wildman–Crippen LogP) is 4.37. The van der Waals surface area contributed by atoms with Crippen LogP contribution in [0.2, 0.25) is 0 Å². The van der Waals surface area contributed by atoms with Crippen molar-refractivity contribution in [3.63, 3.8) is 0 Å². The molecule has 0 radical (unpaired) electrons. The van der Waals surface area contributed by atoms with Crippen LogP contribution in [0.4, 0.5) is 5.69 Å². The summed E-state index contributed by atoms with van der Waals surface area (Å²) in [7, 11) is 0. The first-order valence-corrected chi connectivity index (χ1v) is 8.68. The van der Waals surface area contributed by atoms with Crippen LogP contribution in [0.25, 0.3) is 0 Å². The standard InChI is InChI=1S/C14H21BrN2O2S/c1-4-14(5-2,20-3)10-16-9-11-6-7-12(17(18)19)8-13(11)15/h6-8,16H,4-5,9-10H2,1-3H3. The third-order valence-corrected chi connectivity index (χ3v) is 6.06. The van der Waals surface area contributed by atoms with Gasteiger partial charge >= 0.3 is 0 Å². The number of hydrogen-bond donors (Lipinski definition) is 1. The first-order valence-electron chi connectivity index (χ1n) is 6.66. The summed E-state index contributed by atoms with van der Waals surface area (Å²) >= 11 is 5.30. The van der Waals surface area contributed by atoms with Crippen molar-refractivity contribution in [3.05, 3.63) is 38.3 Å². The van der Waals surface area contributed by atoms with Crippen LogP contribution in [0.15, 0.2) is 22.7 Å². The molecule has 0 bridgehead atoms. The molecular formula is C14H21BrN2O2S. The lowest BCUT2D eigenvalue weighted by Crippen LogP contribution is -2.36. The summed E-state index contributed by atoms with van der Waals surface area (Å²) in [6, 6.07) is 4.90. The van der Waals surface area contributed by atoms with Gasteiger partial charge in [0.25, 0.3) is 5.69 Å². The topological polar surface area (TPSA) is 55.2 Å². The van der Waals surface area contributed by atoms with Gasteiger partial charge < -0.3 is 5.32 Å². The van der Waals surface area contributed by atoms with Crippen molar-refractivity contribution < 1.29 is 4.92 Å². The van der Waals surface area contributed by atoms with Crippen LogP contribution in [0, 0.1) is 10.1 Å². The van der Waals surface area contributed by atoms with Gasteiger partial charge in [-0.05, 0) is 30.7 Å². The summed E-state index contributed by atoms with van der Waals surface area (Å²) in [5.74, 6) is 0. The minimum Gasteiger partial charge on any atom is -0.311 e. The number of halogens is 1. The van der Waals surface area contributed by atoms with E-state index in [1.807, 2.05) is 11.8 Å². The van der Waals surface area contributed by atoms with Crippen molar-refractivity contribution in [1.82, 2.24) is 5.32 Å². The molecule has 0 atom stereocenters. The van der Waals surface area contributed by atoms with Gasteiger partial charge in [0.1, 0.15) is 0 Å². The fourth-order valence-electron chi connectivity index (χ4n) is 2.08. The Kier molecular flexibility index (Phi) is 6.99. The fourth-order valence-corrected chi connectivity index (χ4v) is 3.41. The molecule has 0 aliphatic heterocycles. The van der Waals surface area contributed by atoms with Gasteiger partial charge in [0.2, 0.25) is 0 Å². The molecule has 112 valence electrons. The number of nitro benzene ring substituents is 1. The average Bonchev–Trinajstić information content (AvgIpc) is 2.45. The Morgan fingerprint density at radius 2 is 2.05 bits per heavy atom. The number of benzene rings is 1. The summed E-state index contributed by atoms with van der Waals surface area (Å²) in [4.78, 5) is 10.3. The summed E-state index contributed by atoms with van der Waals surface area (Å²) in [6.45, 7) is 6.07. The molecule has 0 saturated heterocycles. The van der Waals surface area contributed by atoms with Crippen LogP contribution >= 0.6 is 27.7 Å². The van der Waals surface area contributed by atoms with E-state index >= 15 is 0 Å². The normalized spacial score (nSPS) is 11.6. The molecular weight excluding hydrogens is 340 g/mol. The molecule has 1 rings (SSSR count). The van der Waals surface area contributed by atoms with Crippen molar-refractivity contribution in [1.29, 1.82) is 0 Å². The lowest BCUT2D eigenvalue weighted by Gasteiger charge is -2.30. The zero-order valence-corrected chi connectivity index (χ0v) is 14.5. The van der Waals surface area contributed by atoms with Crippen molar-refractivity contribution >= 4 is 33.4 Å². The third-order valence-electron chi connectivity index (χ3n) is 3.73. The zero-order chi connectivity index (χ0) is 15.2. The van der Waals surface area contributed by atoms with E-state index in [2.05, 4.69) is 41.3 Å². The van der Waals surface area contributed by atoms with Crippen molar-refractivity contribution in [2.45, 2.75) is 38.0 Å². The first-order chi connectivity index (χ1) is 9.48. The van der Waals surface area contributed by atoms with Gasteiger partial charge in [-0.2, -0.15) is 11.8 Å². The Labute approximate surface area is 133 Å². The van der Waals surface area contributed by atoms with Crippen molar-refractivity contribution in [3.8, 4) is 0 Å². The Balaban J connectivity index is 2.64. The molecule has 1 aromatic carbocycles. The molecule has 20 heavy (non-hydrogen) atoms. The lowest BCUT2D eigenvalue weighted by atomic mass is 10.0. The highest BCUT2D eigenvalue weighted by molar-refractivity contribution is 9.10. The van der Waals surface area contributed by atoms with Gasteiger partial charge in [-0.1, -0.05) is 29.8 Å². The SMILES string of the molecule is CCC(CC)(CNCc1ccc([N+](=O)[O-])cc1Br)SC. The molecule has 1 aromatic rings. The molecule has 0 aliphatic rings. The minimum absolute atomic E-state index is 0.112. The van der Waals surface area contributed by atoms with E-state index in [0.29, 0.717) is 6.54 Å². The Morgan fingerprint density at radius 1 is 1.40 bits per heavy atom. The number of rotatable bonds is 8. The van der Waals surface area contributed by atoms with Gasteiger partial charge in [-0.3, -0.25) is 10.1 Å². The maximum atomic E-state index is 10.7. The van der Waals surface area contributed by atoms with E-state index in [9.17, 15) is 10.1 Å². The van der Waals surface area contributed by atoms with Crippen LogP contribution in [0.5, 0.6) is 0 Å². The highest BCUT2D eigenvalue weighted by atomic mass is 79.9. The average molecular weight is 361 g/mol. The summed E-state index contributed by atoms with van der Waals surface area (Å²) in [5, 5.41) is 14.2. The second-order valence-electron chi connectivity index (χ2n) is 4.73. The molecule has 0 fully saturated rings. The van der Waals surface area contributed by atoms with Gasteiger partial charge in [0, 0.05) is 34.4 Å². The molecule has 0 unspecified atom stereocenters. The van der Waals surface area contributed by atoms with Crippen molar-refractivity contribution in [2.24, 2.45) is 0 Å². The Bertz CT molecular complexity index is 456. The molecule has 6 heteroatoms. The number of hydrogen-bond acceptors (Lipinski definition) is 4. The van der Waals surface area contributed by atoms with E-state index in [4.69, 9.17) is 0 Å². The van der Waals surface area contributed by atoms with E-state index in [0.717, 1.165) is 29.4 Å². The van der Waals surface area contributed by atoms with E-state index in [-0.39, 0.29) is 15.4 Å². The molecule has 0 aliphatic carbocycles. The smallest absolute Gasteiger partial charge is 0.270 e. The summed E-state index contributed by atoms with van der Waals surface area (Å²) < 4.78 is 1.05. The quantitative estimate of drug-likeness (QED) is 0.552. The number of nitro groups is 1. The molecule has 4 nitrogen and oxygen atoms in total. The zero-order valence-electron chi connectivity index (χ0n) is 12.1. The Hall–Kier alpha value is -0.590. The highest BCUT2D eigenvalue weighted by Gasteiger charge is 2.24. The van der Waals surface area contributed by atoms with Gasteiger partial charge in [0.15, 0.2) is 0 Å². The van der Waals surface area contributed by atoms with Crippen LogP contribution < -0.4 is 5.32 Å². The number of nitrogens with one attached hydrogen (secondary N) is 1. The fraction of sp³-hybridized carbons (Fsp3) is 0.571. The molecule has 1 N–H and O–H groups in total. The Morgan fingerprint density at radius 3 is 2.50 bits per heavy atom. The van der Waals surface area contributed by atoms with Gasteiger partial charge in [-0.25, -0.2) is 0 Å². The molecule has 0 aromatic heterocycles. The molecule has 0 amide bonds. The first kappa shape index (κ1) is 17.5. The van der Waals surface area contributed by atoms with Gasteiger partial charge in [0.05, 0.1) is 4.92 Å². The molecule has 0 spiro atoms. The second-order valence-corrected chi connectivity index (χ2v) is 6.86. The van der Waals surface area contributed by atoms with E-state index in [1.165, 1.54) is 0 Å². The van der Waals surface area contributed by atoms with Crippen LogP contribution in [0.3, 0.4) is 0 Å². The minimum atomic E-state index is -0.380. The van der Waals surface area contributed by atoms with Crippen LogP contribution in [-0.4, -0.2) is 22.5 Å². The number of nitrogens with zero attached hydrogens (tertiary/aromatic N) is 1. The summed E-state index contributed by atoms with van der Waals surface area (Å²) in [6.07, 6.45) is 4.40. The van der Waals surface area contributed by atoms with Gasteiger partial charge in [-0.15, -0.1) is 0 Å². The van der Waals surface area contributed by atoms with Crippen LogP contribution in [-0.2, 0) is 6.54 Å². The number of thioether (sulfide) groups is 1. The number of non-ortho nitro benzene ring substituents is 1. The third kappa shape index (κ3) is 4.46. The monoisotopic (exact) mass is 360 g/mol. The van der Waals surface area contributed by atoms with E-state index in [1.54, 1.807) is 18.2 Å². The maximum absolute atomic E-state index is 10.7. The largest absolute Gasteiger partial charge is 0.311 e. The summed E-state index contributed by atoms with van der Waals surface area (Å²) in [5.41, 5.74) is 1.15. The van der Waals surface area contributed by atoms with E-state index < -0.39 is 0 Å². The second kappa shape index (κ2) is 8.00. The van der Waals surface area contributed by atoms with Crippen molar-refractivity contribution in [2.75, 3.05) is 12.8 Å². The molecule has 0 heterocycles. The lowest BCUT2D eigenvalue weighted by molar-refractivity contribution is -0.384. The molecule has 0 saturated carbocycles.